The molecule has 10 heteroatoms. The predicted octanol–water partition coefficient (Wildman–Crippen LogP) is 8.66. The lowest BCUT2D eigenvalue weighted by Gasteiger charge is -2.39. The normalized spacial score (nSPS) is 21.2. The first-order valence-electron chi connectivity index (χ1n) is 21.4. The van der Waals surface area contributed by atoms with E-state index in [1.54, 1.807) is 0 Å². The lowest BCUT2D eigenvalue weighted by Crippen LogP contribution is -2.59. The van der Waals surface area contributed by atoms with Crippen molar-refractivity contribution in [1.29, 1.82) is 0 Å². The number of hydrogen-bond acceptors (Lipinski definition) is 10. The van der Waals surface area contributed by atoms with Crippen LogP contribution in [-0.4, -0.2) is 89.0 Å². The standard InChI is InChI=1S/C45H76O10/c1-3-5-7-9-11-13-15-17-18-19-20-22-23-25-27-29-31-33-40(47)52-36-38(37-53-45-44(51)43(50)42(49)39(35-46)55-45)54-41(48)34-32-30-28-26-24-21-16-14-12-10-8-6-4-2/h11,13-14,16-18,20,22,25,27,38-39,42-46,49-51H,3-10,12,15,19,21,23-24,26,28-37H2,1-2H3/b13-11+,16-14+,18-17+,22-20+,27-25+/t38-,39-,42+,43?,44?,45-/m0/s1. The molecule has 1 heterocycles. The minimum atomic E-state index is -1.61. The molecule has 0 aromatic heterocycles. The van der Waals surface area contributed by atoms with E-state index >= 15 is 0 Å². The van der Waals surface area contributed by atoms with Crippen molar-refractivity contribution in [2.45, 2.75) is 192 Å². The van der Waals surface area contributed by atoms with Gasteiger partial charge >= 0.3 is 11.9 Å². The summed E-state index contributed by atoms with van der Waals surface area (Å²) in [6.07, 6.45) is 35.2. The Bertz CT molecular complexity index is 1080. The van der Waals surface area contributed by atoms with Crippen LogP contribution in [0.3, 0.4) is 0 Å². The highest BCUT2D eigenvalue weighted by Crippen LogP contribution is 2.22. The molecule has 0 amide bonds. The third kappa shape index (κ3) is 27.6. The summed E-state index contributed by atoms with van der Waals surface area (Å²) >= 11 is 0. The summed E-state index contributed by atoms with van der Waals surface area (Å²) in [6.45, 7) is 3.29. The molecule has 6 atom stereocenters. The number of carbonyl (C=O) groups is 2. The number of rotatable bonds is 34. The topological polar surface area (TPSA) is 152 Å². The molecule has 1 aliphatic rings. The Morgan fingerprint density at radius 2 is 1.04 bits per heavy atom. The second kappa shape index (κ2) is 35.8. The highest BCUT2D eigenvalue weighted by Gasteiger charge is 2.44. The molecule has 2 unspecified atom stereocenters. The second-order valence-electron chi connectivity index (χ2n) is 14.4. The molecule has 0 bridgehead atoms. The van der Waals surface area contributed by atoms with E-state index in [0.717, 1.165) is 70.6 Å². The fourth-order valence-corrected chi connectivity index (χ4v) is 5.94. The van der Waals surface area contributed by atoms with Crippen LogP contribution in [0.4, 0.5) is 0 Å². The molecular weight excluding hydrogens is 700 g/mol. The summed E-state index contributed by atoms with van der Waals surface area (Å²) in [5, 5.41) is 40.0. The van der Waals surface area contributed by atoms with Crippen molar-refractivity contribution in [3.63, 3.8) is 0 Å². The average Bonchev–Trinajstić information content (AvgIpc) is 3.18. The molecule has 1 fully saturated rings. The van der Waals surface area contributed by atoms with Crippen molar-refractivity contribution in [2.24, 2.45) is 0 Å². The minimum absolute atomic E-state index is 0.195. The number of allylic oxidation sites excluding steroid dienone is 10. The smallest absolute Gasteiger partial charge is 0.306 e. The third-order valence-corrected chi connectivity index (χ3v) is 9.38. The van der Waals surface area contributed by atoms with Crippen LogP contribution in [0.25, 0.3) is 0 Å². The lowest BCUT2D eigenvalue weighted by atomic mass is 9.99. The van der Waals surface area contributed by atoms with Gasteiger partial charge in [0, 0.05) is 12.8 Å². The van der Waals surface area contributed by atoms with Gasteiger partial charge in [-0.2, -0.15) is 0 Å². The van der Waals surface area contributed by atoms with E-state index in [1.807, 2.05) is 6.08 Å². The maximum absolute atomic E-state index is 12.7. The van der Waals surface area contributed by atoms with E-state index in [1.165, 1.54) is 44.9 Å². The fourth-order valence-electron chi connectivity index (χ4n) is 5.94. The molecule has 1 saturated heterocycles. The molecular formula is C45H76O10. The Morgan fingerprint density at radius 3 is 1.64 bits per heavy atom. The second-order valence-corrected chi connectivity index (χ2v) is 14.4. The van der Waals surface area contributed by atoms with Gasteiger partial charge in [-0.1, -0.05) is 126 Å². The number of carbonyl (C=O) groups excluding carboxylic acids is 2. The molecule has 1 rings (SSSR count). The van der Waals surface area contributed by atoms with Crippen LogP contribution in [0.15, 0.2) is 60.8 Å². The van der Waals surface area contributed by atoms with Crippen LogP contribution in [0, 0.1) is 0 Å². The Hall–Kier alpha value is -2.60. The van der Waals surface area contributed by atoms with Gasteiger partial charge < -0.3 is 39.4 Å². The van der Waals surface area contributed by atoms with Crippen LogP contribution in [-0.2, 0) is 28.5 Å². The van der Waals surface area contributed by atoms with Crippen molar-refractivity contribution in [1.82, 2.24) is 0 Å². The molecule has 0 saturated carbocycles. The fraction of sp³-hybridized carbons (Fsp3) is 0.733. The minimum Gasteiger partial charge on any atom is -0.462 e. The van der Waals surface area contributed by atoms with Gasteiger partial charge in [0.15, 0.2) is 12.4 Å². The van der Waals surface area contributed by atoms with Gasteiger partial charge in [-0.25, -0.2) is 0 Å². The SMILES string of the molecule is CCCCC/C=C/C/C=C/C/C=C/C/C=C/CCCC(=O)OC[C@@H](CO[C@H]1O[C@@H](CO)[C@@H](O)C(O)C1O)OC(=O)CCCCCCC/C=C/CCCCCC. The number of ether oxygens (including phenoxy) is 4. The zero-order valence-corrected chi connectivity index (χ0v) is 34.2. The molecule has 0 aliphatic carbocycles. The number of aliphatic hydroxyl groups is 4. The summed E-state index contributed by atoms with van der Waals surface area (Å²) in [5.74, 6) is -0.888. The van der Waals surface area contributed by atoms with Crippen LogP contribution >= 0.6 is 0 Å². The monoisotopic (exact) mass is 777 g/mol. The van der Waals surface area contributed by atoms with Crippen LogP contribution in [0.5, 0.6) is 0 Å². The zero-order valence-electron chi connectivity index (χ0n) is 34.2. The van der Waals surface area contributed by atoms with Gasteiger partial charge in [-0.3, -0.25) is 9.59 Å². The van der Waals surface area contributed by atoms with E-state index in [4.69, 9.17) is 18.9 Å². The van der Waals surface area contributed by atoms with E-state index < -0.39 is 55.4 Å². The number of unbranched alkanes of at least 4 members (excludes halogenated alkanes) is 13. The number of aliphatic hydroxyl groups excluding tert-OH is 4. The summed E-state index contributed by atoms with van der Waals surface area (Å²) in [6, 6.07) is 0. The van der Waals surface area contributed by atoms with Crippen LogP contribution in [0.1, 0.15) is 155 Å². The van der Waals surface area contributed by atoms with Gasteiger partial charge in [0.2, 0.25) is 0 Å². The first-order valence-corrected chi connectivity index (χ1v) is 21.4. The molecule has 0 aromatic carbocycles. The zero-order chi connectivity index (χ0) is 40.2. The maximum Gasteiger partial charge on any atom is 0.306 e. The molecule has 10 nitrogen and oxygen atoms in total. The Morgan fingerprint density at radius 1 is 0.564 bits per heavy atom. The van der Waals surface area contributed by atoms with Crippen LogP contribution in [0.2, 0.25) is 0 Å². The Balaban J connectivity index is 2.41. The Kier molecular flexibility index (Phi) is 32.8. The van der Waals surface area contributed by atoms with E-state index in [-0.39, 0.29) is 26.1 Å². The third-order valence-electron chi connectivity index (χ3n) is 9.38. The highest BCUT2D eigenvalue weighted by atomic mass is 16.7. The van der Waals surface area contributed by atoms with Crippen molar-refractivity contribution in [3.05, 3.63) is 60.8 Å². The van der Waals surface area contributed by atoms with E-state index in [2.05, 4.69) is 68.5 Å². The molecule has 0 aromatic rings. The highest BCUT2D eigenvalue weighted by molar-refractivity contribution is 5.70. The molecule has 55 heavy (non-hydrogen) atoms. The van der Waals surface area contributed by atoms with Gasteiger partial charge in [-0.15, -0.1) is 0 Å². The summed E-state index contributed by atoms with van der Waals surface area (Å²) in [4.78, 5) is 25.2. The van der Waals surface area contributed by atoms with Crippen LogP contribution < -0.4 is 0 Å². The average molecular weight is 777 g/mol. The Labute approximate surface area is 332 Å². The maximum atomic E-state index is 12.7. The molecule has 4 N–H and O–H groups in total. The first-order chi connectivity index (χ1) is 26.8. The molecule has 0 spiro atoms. The van der Waals surface area contributed by atoms with Crippen molar-refractivity contribution in [2.75, 3.05) is 19.8 Å². The van der Waals surface area contributed by atoms with Gasteiger partial charge in [-0.05, 0) is 77.0 Å². The summed E-state index contributed by atoms with van der Waals surface area (Å²) in [5.41, 5.74) is 0. The van der Waals surface area contributed by atoms with Gasteiger partial charge in [0.25, 0.3) is 0 Å². The predicted molar refractivity (Wildman–Crippen MR) is 219 cm³/mol. The molecule has 316 valence electrons. The largest absolute Gasteiger partial charge is 0.462 e. The lowest BCUT2D eigenvalue weighted by molar-refractivity contribution is -0.305. The van der Waals surface area contributed by atoms with Crippen molar-refractivity contribution in [3.8, 4) is 0 Å². The number of esters is 2. The van der Waals surface area contributed by atoms with Crippen molar-refractivity contribution < 1.29 is 49.0 Å². The van der Waals surface area contributed by atoms with E-state index in [9.17, 15) is 30.0 Å². The molecule has 0 radical (unpaired) electrons. The summed E-state index contributed by atoms with van der Waals surface area (Å²) < 4.78 is 22.0. The van der Waals surface area contributed by atoms with Gasteiger partial charge in [0.1, 0.15) is 31.0 Å². The van der Waals surface area contributed by atoms with E-state index in [0.29, 0.717) is 12.8 Å². The number of hydrogen-bond donors (Lipinski definition) is 4. The van der Waals surface area contributed by atoms with Gasteiger partial charge in [0.05, 0.1) is 13.2 Å². The molecule has 1 aliphatic heterocycles. The quantitative estimate of drug-likeness (QED) is 0.0284. The first kappa shape index (κ1) is 50.4. The summed E-state index contributed by atoms with van der Waals surface area (Å²) in [7, 11) is 0. The van der Waals surface area contributed by atoms with Crippen molar-refractivity contribution >= 4 is 11.9 Å².